The topological polar surface area (TPSA) is 164 Å². The Morgan fingerprint density at radius 3 is 2.17 bits per heavy atom. The molecule has 0 bridgehead atoms. The maximum absolute atomic E-state index is 12.0. The van der Waals surface area contributed by atoms with Crippen molar-refractivity contribution in [1.29, 1.82) is 5.26 Å². The summed E-state index contributed by atoms with van der Waals surface area (Å²) >= 11 is 0. The van der Waals surface area contributed by atoms with Gasteiger partial charge in [0.2, 0.25) is 11.8 Å². The molecule has 3 aliphatic rings. The number of piperidine rings is 1. The maximum atomic E-state index is 12.0. The Kier molecular flexibility index (Phi) is 7.15. The highest BCUT2D eigenvalue weighted by Crippen LogP contribution is 2.49. The maximum Gasteiger partial charge on any atom is 0.248 e. The number of carbonyl (C=O) groups is 2. The Morgan fingerprint density at radius 2 is 1.68 bits per heavy atom. The summed E-state index contributed by atoms with van der Waals surface area (Å²) in [5.41, 5.74) is 22.9. The SMILES string of the molecule is C=C(CN[C@H](C)CC1(C(N)=NC)c2ccc(C(N)=O)cc2CCc2cc(C(N)=O)ccc21)N1C(C#N)C[C@@H]2C[C@@H]21. The number of primary amides is 2. The molecule has 1 saturated carbocycles. The molecule has 2 aliphatic carbocycles. The van der Waals surface area contributed by atoms with Crippen LogP contribution in [0.3, 0.4) is 0 Å². The number of nitriles is 1. The molecule has 0 aromatic heterocycles. The summed E-state index contributed by atoms with van der Waals surface area (Å²) in [7, 11) is 1.68. The molecule has 5 rings (SSSR count). The van der Waals surface area contributed by atoms with Crippen molar-refractivity contribution in [3.8, 4) is 6.07 Å². The van der Waals surface area contributed by atoms with Gasteiger partial charge in [-0.15, -0.1) is 0 Å². The first-order valence-corrected chi connectivity index (χ1v) is 13.8. The average Bonchev–Trinajstić information content (AvgIpc) is 3.64. The fourth-order valence-electron chi connectivity index (χ4n) is 6.89. The first-order valence-electron chi connectivity index (χ1n) is 13.8. The van der Waals surface area contributed by atoms with Crippen LogP contribution in [0.15, 0.2) is 53.7 Å². The number of benzene rings is 2. The van der Waals surface area contributed by atoms with Crippen LogP contribution in [0.2, 0.25) is 0 Å². The van der Waals surface area contributed by atoms with Crippen LogP contribution < -0.4 is 22.5 Å². The Balaban J connectivity index is 1.53. The predicted molar refractivity (Wildman–Crippen MR) is 155 cm³/mol. The number of nitrogens with two attached hydrogens (primary N) is 3. The fraction of sp³-hybridized carbons (Fsp3) is 0.419. The fourth-order valence-corrected chi connectivity index (χ4v) is 6.89. The van der Waals surface area contributed by atoms with Crippen LogP contribution in [0.1, 0.15) is 69.2 Å². The van der Waals surface area contributed by atoms with E-state index in [9.17, 15) is 14.9 Å². The van der Waals surface area contributed by atoms with E-state index in [2.05, 4.69) is 34.8 Å². The number of nitrogens with zero attached hydrogens (tertiary/aromatic N) is 3. The van der Waals surface area contributed by atoms with Gasteiger partial charge in [0.15, 0.2) is 0 Å². The van der Waals surface area contributed by atoms with E-state index in [0.717, 1.165) is 40.8 Å². The third-order valence-electron chi connectivity index (χ3n) is 8.93. The Morgan fingerprint density at radius 1 is 1.10 bits per heavy atom. The zero-order valence-corrected chi connectivity index (χ0v) is 23.1. The van der Waals surface area contributed by atoms with Gasteiger partial charge in [0, 0.05) is 42.5 Å². The van der Waals surface area contributed by atoms with E-state index in [4.69, 9.17) is 17.2 Å². The number of aryl methyl sites for hydroxylation is 2. The molecular weight excluding hydrogens is 502 g/mol. The molecular formula is C31H37N7O2. The van der Waals surface area contributed by atoms with Crippen LogP contribution in [0, 0.1) is 17.2 Å². The van der Waals surface area contributed by atoms with Gasteiger partial charge >= 0.3 is 0 Å². The normalized spacial score (nSPS) is 23.2. The first kappa shape index (κ1) is 27.4. The molecule has 1 heterocycles. The zero-order chi connectivity index (χ0) is 28.8. The summed E-state index contributed by atoms with van der Waals surface area (Å²) in [4.78, 5) is 30.8. The largest absolute Gasteiger partial charge is 0.386 e. The summed E-state index contributed by atoms with van der Waals surface area (Å²) in [6, 6.07) is 13.8. The van der Waals surface area contributed by atoms with Gasteiger partial charge < -0.3 is 27.4 Å². The van der Waals surface area contributed by atoms with E-state index in [-0.39, 0.29) is 12.1 Å². The van der Waals surface area contributed by atoms with Crippen LogP contribution >= 0.6 is 0 Å². The number of rotatable bonds is 9. The number of fused-ring (bicyclic) bond motifs is 3. The van der Waals surface area contributed by atoms with Gasteiger partial charge in [-0.25, -0.2) is 0 Å². The minimum absolute atomic E-state index is 0.0411. The molecule has 208 valence electrons. The molecule has 40 heavy (non-hydrogen) atoms. The molecule has 2 aromatic carbocycles. The van der Waals surface area contributed by atoms with Crippen molar-refractivity contribution >= 4 is 17.6 Å². The Hall–Kier alpha value is -4.16. The number of hydrogen-bond donors (Lipinski definition) is 4. The van der Waals surface area contributed by atoms with Crippen LogP contribution in [0.5, 0.6) is 0 Å². The average molecular weight is 540 g/mol. The van der Waals surface area contributed by atoms with Gasteiger partial charge in [-0.1, -0.05) is 18.7 Å². The highest BCUT2D eigenvalue weighted by Gasteiger charge is 2.52. The van der Waals surface area contributed by atoms with Crippen LogP contribution in [-0.2, 0) is 18.3 Å². The van der Waals surface area contributed by atoms with Gasteiger partial charge in [-0.05, 0) is 91.5 Å². The number of amides is 2. The van der Waals surface area contributed by atoms with E-state index in [1.165, 1.54) is 0 Å². The van der Waals surface area contributed by atoms with Crippen molar-refractivity contribution < 1.29 is 9.59 Å². The number of nitrogens with one attached hydrogen (secondary N) is 1. The molecule has 0 spiro atoms. The summed E-state index contributed by atoms with van der Waals surface area (Å²) in [5.74, 6) is 0.0601. The van der Waals surface area contributed by atoms with Crippen molar-refractivity contribution in [2.75, 3.05) is 13.6 Å². The standard InChI is InChI=1S/C31H37N7O2/c1-17(37-16-18(2)38-24(15-32)12-23-13-27(23)38)14-31(30(35)36-3)25-8-6-21(28(33)39)10-19(25)4-5-20-11-22(29(34)40)7-9-26(20)31/h6-11,17,23-24,27,37H,2,4-5,12-14,16H2,1,3H3,(H2,33,39)(H2,34,40)(H2,35,36)/t17-,23-,24?,27+/m1/s1. The minimum Gasteiger partial charge on any atom is -0.386 e. The molecule has 1 aliphatic heterocycles. The van der Waals surface area contributed by atoms with E-state index in [0.29, 0.717) is 54.7 Å². The lowest BCUT2D eigenvalue weighted by Gasteiger charge is -2.39. The smallest absolute Gasteiger partial charge is 0.248 e. The van der Waals surface area contributed by atoms with Crippen LogP contribution in [-0.4, -0.2) is 54.3 Å². The molecule has 2 fully saturated rings. The molecule has 1 unspecified atom stereocenters. The van der Waals surface area contributed by atoms with Crippen molar-refractivity contribution in [1.82, 2.24) is 10.2 Å². The van der Waals surface area contributed by atoms with E-state index < -0.39 is 17.2 Å². The third-order valence-corrected chi connectivity index (χ3v) is 8.93. The summed E-state index contributed by atoms with van der Waals surface area (Å²) in [6.07, 6.45) is 3.87. The number of hydrogen-bond acceptors (Lipinski definition) is 6. The molecule has 9 heteroatoms. The molecule has 2 aromatic rings. The molecule has 4 atom stereocenters. The zero-order valence-electron chi connectivity index (χ0n) is 23.1. The number of carbonyl (C=O) groups excluding carboxylic acids is 2. The number of amidine groups is 1. The van der Waals surface area contributed by atoms with E-state index in [1.807, 2.05) is 24.3 Å². The van der Waals surface area contributed by atoms with E-state index in [1.54, 1.807) is 19.2 Å². The predicted octanol–water partition coefficient (Wildman–Crippen LogP) is 2.12. The molecule has 1 saturated heterocycles. The monoisotopic (exact) mass is 539 g/mol. The minimum atomic E-state index is -0.833. The van der Waals surface area contributed by atoms with Gasteiger partial charge in [0.25, 0.3) is 0 Å². The molecule has 2 amide bonds. The Labute approximate surface area is 235 Å². The van der Waals surface area contributed by atoms with E-state index >= 15 is 0 Å². The van der Waals surface area contributed by atoms with Crippen LogP contribution in [0.25, 0.3) is 0 Å². The molecule has 7 N–H and O–H groups in total. The van der Waals surface area contributed by atoms with Crippen molar-refractivity contribution in [2.45, 2.75) is 62.6 Å². The molecule has 9 nitrogen and oxygen atoms in total. The Bertz CT molecular complexity index is 1390. The van der Waals surface area contributed by atoms with Crippen LogP contribution in [0.4, 0.5) is 0 Å². The van der Waals surface area contributed by atoms with Gasteiger partial charge in [-0.2, -0.15) is 5.26 Å². The molecule has 0 radical (unpaired) electrons. The highest BCUT2D eigenvalue weighted by molar-refractivity contribution is 5.98. The summed E-state index contributed by atoms with van der Waals surface area (Å²) in [5, 5.41) is 13.2. The van der Waals surface area contributed by atoms with Gasteiger partial charge in [0.1, 0.15) is 11.9 Å². The summed E-state index contributed by atoms with van der Waals surface area (Å²) < 4.78 is 0. The lowest BCUT2D eigenvalue weighted by Crippen LogP contribution is -2.48. The first-order chi connectivity index (χ1) is 19.1. The lowest BCUT2D eigenvalue weighted by atomic mass is 9.67. The summed E-state index contributed by atoms with van der Waals surface area (Å²) in [6.45, 7) is 6.96. The second kappa shape index (κ2) is 10.4. The van der Waals surface area contributed by atoms with Crippen molar-refractivity contribution in [3.05, 3.63) is 82.1 Å². The van der Waals surface area contributed by atoms with Crippen molar-refractivity contribution in [3.63, 3.8) is 0 Å². The highest BCUT2D eigenvalue weighted by atomic mass is 16.1. The number of likely N-dealkylation sites (tertiary alicyclic amines) is 1. The van der Waals surface area contributed by atoms with Gasteiger partial charge in [0.05, 0.1) is 11.5 Å². The van der Waals surface area contributed by atoms with Gasteiger partial charge in [-0.3, -0.25) is 14.6 Å². The second-order valence-electron chi connectivity index (χ2n) is 11.4. The second-order valence-corrected chi connectivity index (χ2v) is 11.4. The third kappa shape index (κ3) is 4.62. The number of aliphatic imine (C=N–C) groups is 1. The van der Waals surface area contributed by atoms with Crippen molar-refractivity contribution in [2.24, 2.45) is 28.1 Å². The quantitative estimate of drug-likeness (QED) is 0.282. The lowest BCUT2D eigenvalue weighted by molar-refractivity contribution is 0.0991.